The van der Waals surface area contributed by atoms with Crippen molar-refractivity contribution in [3.8, 4) is 0 Å². The van der Waals surface area contributed by atoms with E-state index in [-0.39, 0.29) is 0 Å². The Morgan fingerprint density at radius 1 is 1.45 bits per heavy atom. The topological polar surface area (TPSA) is 0 Å². The van der Waals surface area contributed by atoms with Gasteiger partial charge < -0.3 is 0 Å². The van der Waals surface area contributed by atoms with Gasteiger partial charge in [0.25, 0.3) is 0 Å². The van der Waals surface area contributed by atoms with Crippen LogP contribution < -0.4 is 0 Å². The van der Waals surface area contributed by atoms with Crippen LogP contribution >= 0.6 is 0 Å². The fourth-order valence-corrected chi connectivity index (χ4v) is 0.863. The molecule has 0 saturated heterocycles. The zero-order chi connectivity index (χ0) is 8.69. The molecule has 0 unspecified atom stereocenters. The summed E-state index contributed by atoms with van der Waals surface area (Å²) in [6.45, 7) is 11.7. The Kier molecular flexibility index (Phi) is 5.18. The Bertz CT molecular complexity index is 192. The summed E-state index contributed by atoms with van der Waals surface area (Å²) in [7, 11) is 0. The molecule has 11 heavy (non-hydrogen) atoms. The normalized spacial score (nSPS) is 12.0. The summed E-state index contributed by atoms with van der Waals surface area (Å²) in [5.41, 5.74) is 2.16. The predicted molar refractivity (Wildman–Crippen MR) is 52.5 cm³/mol. The van der Waals surface area contributed by atoms with Crippen molar-refractivity contribution < 1.29 is 0 Å². The second-order valence-corrected chi connectivity index (χ2v) is 2.30. The third kappa shape index (κ3) is 3.61. The third-order valence-corrected chi connectivity index (χ3v) is 1.38. The third-order valence-electron chi connectivity index (χ3n) is 1.38. The molecule has 0 heteroatoms. The summed E-state index contributed by atoms with van der Waals surface area (Å²) in [6.07, 6.45) is 8.96. The van der Waals surface area contributed by atoms with Gasteiger partial charge in [0.05, 0.1) is 0 Å². The molecule has 0 aliphatic carbocycles. The van der Waals surface area contributed by atoms with E-state index < -0.39 is 0 Å². The molecular formula is C11H16. The van der Waals surface area contributed by atoms with Crippen LogP contribution in [0.2, 0.25) is 0 Å². The average molecular weight is 148 g/mol. The average Bonchev–Trinajstić information content (AvgIpc) is 2.00. The molecule has 0 spiro atoms. The molecule has 0 aromatic rings. The van der Waals surface area contributed by atoms with Crippen LogP contribution in [0.5, 0.6) is 0 Å². The van der Waals surface area contributed by atoms with Crippen molar-refractivity contribution in [3.63, 3.8) is 0 Å². The molecule has 0 heterocycles. The van der Waals surface area contributed by atoms with Crippen LogP contribution in [0.4, 0.5) is 0 Å². The first-order valence-electron chi connectivity index (χ1n) is 3.90. The van der Waals surface area contributed by atoms with E-state index in [0.29, 0.717) is 0 Å². The molecule has 0 nitrogen and oxygen atoms in total. The van der Waals surface area contributed by atoms with Gasteiger partial charge in [-0.15, -0.1) is 0 Å². The summed E-state index contributed by atoms with van der Waals surface area (Å²) in [5.74, 6) is 0. The molecule has 0 radical (unpaired) electrons. The van der Waals surface area contributed by atoms with Gasteiger partial charge in [-0.05, 0) is 24.5 Å². The molecule has 0 saturated carbocycles. The van der Waals surface area contributed by atoms with Gasteiger partial charge in [-0.2, -0.15) is 0 Å². The van der Waals surface area contributed by atoms with Gasteiger partial charge in [0.15, 0.2) is 0 Å². The van der Waals surface area contributed by atoms with Gasteiger partial charge in [0, 0.05) is 0 Å². The van der Waals surface area contributed by atoms with Gasteiger partial charge in [-0.25, -0.2) is 0 Å². The van der Waals surface area contributed by atoms with Crippen LogP contribution in [0, 0.1) is 0 Å². The van der Waals surface area contributed by atoms with Crippen molar-refractivity contribution in [2.45, 2.75) is 20.3 Å². The lowest BCUT2D eigenvalue weighted by molar-refractivity contribution is 1.21. The van der Waals surface area contributed by atoms with Crippen LogP contribution in [0.25, 0.3) is 0 Å². The van der Waals surface area contributed by atoms with Crippen LogP contribution in [0.1, 0.15) is 20.3 Å². The van der Waals surface area contributed by atoms with Crippen molar-refractivity contribution in [3.05, 3.63) is 48.6 Å². The molecule has 0 aliphatic rings. The van der Waals surface area contributed by atoms with E-state index in [9.17, 15) is 0 Å². The highest BCUT2D eigenvalue weighted by Gasteiger charge is 1.90. The maximum Gasteiger partial charge on any atom is -0.0236 e. The highest BCUT2D eigenvalue weighted by atomic mass is 14.0. The number of hydrogen-bond donors (Lipinski definition) is 0. The van der Waals surface area contributed by atoms with Crippen molar-refractivity contribution in [2.75, 3.05) is 0 Å². The summed E-state index contributed by atoms with van der Waals surface area (Å²) < 4.78 is 0. The monoisotopic (exact) mass is 148 g/mol. The van der Waals surface area contributed by atoms with Gasteiger partial charge in [-0.3, -0.25) is 0 Å². The van der Waals surface area contributed by atoms with E-state index >= 15 is 0 Å². The van der Waals surface area contributed by atoms with Crippen molar-refractivity contribution in [1.82, 2.24) is 0 Å². The van der Waals surface area contributed by atoms with Gasteiger partial charge in [0.2, 0.25) is 0 Å². The van der Waals surface area contributed by atoms with E-state index in [1.165, 1.54) is 0 Å². The van der Waals surface area contributed by atoms with Gasteiger partial charge >= 0.3 is 0 Å². The Balaban J connectivity index is 4.38. The van der Waals surface area contributed by atoms with Crippen LogP contribution in [-0.4, -0.2) is 0 Å². The predicted octanol–water partition coefficient (Wildman–Crippen LogP) is 3.64. The molecule has 0 aromatic carbocycles. The van der Waals surface area contributed by atoms with E-state index in [2.05, 4.69) is 26.2 Å². The van der Waals surface area contributed by atoms with Crippen molar-refractivity contribution in [2.24, 2.45) is 0 Å². The number of rotatable bonds is 4. The SMILES string of the molecule is C=C/C(=C/CC)C(=C)/C=C\C. The first kappa shape index (κ1) is 9.96. The van der Waals surface area contributed by atoms with E-state index in [0.717, 1.165) is 17.6 Å². The van der Waals surface area contributed by atoms with Gasteiger partial charge in [-0.1, -0.05) is 44.4 Å². The maximum atomic E-state index is 3.91. The highest BCUT2D eigenvalue weighted by molar-refractivity contribution is 5.43. The molecular weight excluding hydrogens is 132 g/mol. The Morgan fingerprint density at radius 2 is 2.09 bits per heavy atom. The van der Waals surface area contributed by atoms with Gasteiger partial charge in [0.1, 0.15) is 0 Å². The van der Waals surface area contributed by atoms with Crippen LogP contribution in [-0.2, 0) is 0 Å². The first-order valence-corrected chi connectivity index (χ1v) is 3.90. The summed E-state index contributed by atoms with van der Waals surface area (Å²) in [5, 5.41) is 0. The zero-order valence-electron chi connectivity index (χ0n) is 7.43. The second kappa shape index (κ2) is 5.72. The van der Waals surface area contributed by atoms with E-state index in [4.69, 9.17) is 0 Å². The second-order valence-electron chi connectivity index (χ2n) is 2.30. The Labute approximate surface area is 69.6 Å². The zero-order valence-corrected chi connectivity index (χ0v) is 7.43. The Hall–Kier alpha value is -1.04. The highest BCUT2D eigenvalue weighted by Crippen LogP contribution is 2.10. The lowest BCUT2D eigenvalue weighted by atomic mass is 10.1. The minimum Gasteiger partial charge on any atom is -0.0985 e. The Morgan fingerprint density at radius 3 is 2.45 bits per heavy atom. The lowest BCUT2D eigenvalue weighted by Gasteiger charge is -1.98. The quantitative estimate of drug-likeness (QED) is 0.534. The molecule has 0 bridgehead atoms. The molecule has 0 N–H and O–H groups in total. The lowest BCUT2D eigenvalue weighted by Crippen LogP contribution is -1.79. The molecule has 0 aliphatic heterocycles. The maximum absolute atomic E-state index is 3.91. The van der Waals surface area contributed by atoms with Crippen LogP contribution in [0.3, 0.4) is 0 Å². The molecule has 60 valence electrons. The summed E-state index contributed by atoms with van der Waals surface area (Å²) >= 11 is 0. The minimum absolute atomic E-state index is 1.03. The minimum atomic E-state index is 1.03. The van der Waals surface area contributed by atoms with E-state index in [1.54, 1.807) is 0 Å². The van der Waals surface area contributed by atoms with Crippen molar-refractivity contribution in [1.29, 1.82) is 0 Å². The summed E-state index contributed by atoms with van der Waals surface area (Å²) in [4.78, 5) is 0. The first-order chi connectivity index (χ1) is 5.26. The molecule has 0 rings (SSSR count). The molecule has 0 amide bonds. The fourth-order valence-electron chi connectivity index (χ4n) is 0.863. The number of allylic oxidation sites excluding steroid dienone is 6. The molecule has 0 fully saturated rings. The van der Waals surface area contributed by atoms with Crippen LogP contribution in [0.15, 0.2) is 48.6 Å². The fraction of sp³-hybridized carbons (Fsp3) is 0.273. The van der Waals surface area contributed by atoms with Crippen molar-refractivity contribution >= 4 is 0 Å². The summed E-state index contributed by atoms with van der Waals surface area (Å²) in [6, 6.07) is 0. The smallest absolute Gasteiger partial charge is 0.0236 e. The molecule has 0 atom stereocenters. The standard InChI is InChI=1S/C11H16/c1-5-8-10(4)11(7-3)9-6-2/h5,7-9H,3-4,6H2,1-2H3/b8-5-,11-9-. The largest absolute Gasteiger partial charge is 0.0985 e. The number of hydrogen-bond acceptors (Lipinski definition) is 0. The van der Waals surface area contributed by atoms with E-state index in [1.807, 2.05) is 25.2 Å². The molecule has 0 aromatic heterocycles.